The number of ether oxygens (including phenoxy) is 2. The van der Waals surface area contributed by atoms with Crippen LogP contribution in [0, 0.1) is 0 Å². The highest BCUT2D eigenvalue weighted by Gasteiger charge is 2.09. The van der Waals surface area contributed by atoms with Crippen LogP contribution in [-0.4, -0.2) is 18.7 Å². The maximum absolute atomic E-state index is 12.2. The smallest absolute Gasteiger partial charge is 0.272 e. The van der Waals surface area contributed by atoms with Crippen LogP contribution < -0.4 is 14.9 Å². The average Bonchev–Trinajstić information content (AvgIpc) is 2.74. The molecule has 5 nitrogen and oxygen atoms in total. The van der Waals surface area contributed by atoms with Crippen molar-refractivity contribution in [3.05, 3.63) is 92.9 Å². The largest absolute Gasteiger partial charge is 0.490 e. The summed E-state index contributed by atoms with van der Waals surface area (Å²) >= 11 is 9.54. The van der Waals surface area contributed by atoms with Gasteiger partial charge in [0, 0.05) is 15.1 Å². The van der Waals surface area contributed by atoms with Gasteiger partial charge in [-0.1, -0.05) is 41.9 Å². The molecule has 154 valence electrons. The van der Waals surface area contributed by atoms with Crippen LogP contribution in [0.3, 0.4) is 0 Å². The van der Waals surface area contributed by atoms with E-state index in [0.29, 0.717) is 39.8 Å². The predicted molar refractivity (Wildman–Crippen MR) is 123 cm³/mol. The Kier molecular flexibility index (Phi) is 7.88. The number of hydrazone groups is 1. The molecular weight excluding hydrogens is 468 g/mol. The molecule has 1 amide bonds. The van der Waals surface area contributed by atoms with E-state index in [1.807, 2.05) is 43.3 Å². The van der Waals surface area contributed by atoms with Crippen molar-refractivity contribution in [2.24, 2.45) is 5.10 Å². The zero-order valence-corrected chi connectivity index (χ0v) is 18.6. The van der Waals surface area contributed by atoms with Crippen molar-refractivity contribution in [2.75, 3.05) is 6.61 Å². The predicted octanol–water partition coefficient (Wildman–Crippen LogP) is 5.84. The minimum atomic E-state index is -0.302. The molecule has 7 heteroatoms. The SMILES string of the molecule is CCOc1cc(/C=N/NC(=O)c2ccccc2Br)ccc1OCc1ccccc1Cl. The van der Waals surface area contributed by atoms with Crippen molar-refractivity contribution in [3.63, 3.8) is 0 Å². The van der Waals surface area contributed by atoms with Gasteiger partial charge in [-0.2, -0.15) is 5.10 Å². The fourth-order valence-electron chi connectivity index (χ4n) is 2.63. The highest BCUT2D eigenvalue weighted by Crippen LogP contribution is 2.29. The van der Waals surface area contributed by atoms with E-state index in [1.54, 1.807) is 36.5 Å². The van der Waals surface area contributed by atoms with Crippen LogP contribution in [0.5, 0.6) is 11.5 Å². The van der Waals surface area contributed by atoms with E-state index in [9.17, 15) is 4.79 Å². The Hall–Kier alpha value is -2.83. The number of carbonyl (C=O) groups is 1. The van der Waals surface area contributed by atoms with E-state index >= 15 is 0 Å². The molecule has 1 N–H and O–H groups in total. The molecule has 0 aliphatic heterocycles. The van der Waals surface area contributed by atoms with Crippen LogP contribution in [-0.2, 0) is 6.61 Å². The lowest BCUT2D eigenvalue weighted by molar-refractivity contribution is 0.0954. The van der Waals surface area contributed by atoms with Gasteiger partial charge in [0.05, 0.1) is 18.4 Å². The third-order valence-electron chi connectivity index (χ3n) is 4.11. The summed E-state index contributed by atoms with van der Waals surface area (Å²) in [7, 11) is 0. The van der Waals surface area contributed by atoms with Crippen LogP contribution in [0.4, 0.5) is 0 Å². The first-order valence-electron chi connectivity index (χ1n) is 9.29. The van der Waals surface area contributed by atoms with Gasteiger partial charge in [0.1, 0.15) is 6.61 Å². The summed E-state index contributed by atoms with van der Waals surface area (Å²) < 4.78 is 12.3. The lowest BCUT2D eigenvalue weighted by atomic mass is 10.2. The molecule has 0 spiro atoms. The second-order valence-electron chi connectivity index (χ2n) is 6.20. The molecule has 0 atom stereocenters. The number of benzene rings is 3. The van der Waals surface area contributed by atoms with Crippen molar-refractivity contribution in [1.29, 1.82) is 0 Å². The van der Waals surface area contributed by atoms with E-state index in [1.165, 1.54) is 0 Å². The fraction of sp³-hybridized carbons (Fsp3) is 0.130. The molecule has 0 saturated carbocycles. The molecule has 0 aliphatic carbocycles. The number of amides is 1. The van der Waals surface area contributed by atoms with E-state index in [4.69, 9.17) is 21.1 Å². The highest BCUT2D eigenvalue weighted by atomic mass is 79.9. The summed E-state index contributed by atoms with van der Waals surface area (Å²) in [6.45, 7) is 2.72. The second-order valence-corrected chi connectivity index (χ2v) is 7.46. The van der Waals surface area contributed by atoms with Crippen LogP contribution in [0.1, 0.15) is 28.4 Å². The molecule has 0 aliphatic rings. The Balaban J connectivity index is 1.68. The topological polar surface area (TPSA) is 59.9 Å². The number of rotatable bonds is 8. The number of nitrogens with one attached hydrogen (secondary N) is 1. The van der Waals surface area contributed by atoms with Gasteiger partial charge < -0.3 is 9.47 Å². The normalized spacial score (nSPS) is 10.8. The van der Waals surface area contributed by atoms with Crippen molar-refractivity contribution in [2.45, 2.75) is 13.5 Å². The van der Waals surface area contributed by atoms with Gasteiger partial charge in [0.15, 0.2) is 11.5 Å². The third-order valence-corrected chi connectivity index (χ3v) is 5.17. The van der Waals surface area contributed by atoms with Gasteiger partial charge in [-0.05, 0) is 64.8 Å². The molecule has 3 aromatic carbocycles. The standard InChI is InChI=1S/C23H20BrClN2O3/c1-2-29-22-13-16(14-26-27-23(28)18-8-4-5-9-19(18)24)11-12-21(22)30-15-17-7-3-6-10-20(17)25/h3-14H,2,15H2,1H3,(H,27,28)/b26-14+. The zero-order chi connectivity index (χ0) is 21.3. The van der Waals surface area contributed by atoms with Crippen molar-refractivity contribution in [1.82, 2.24) is 5.43 Å². The Morgan fingerprint density at radius 3 is 2.60 bits per heavy atom. The maximum Gasteiger partial charge on any atom is 0.272 e. The lowest BCUT2D eigenvalue weighted by Gasteiger charge is -2.13. The van der Waals surface area contributed by atoms with Crippen molar-refractivity contribution < 1.29 is 14.3 Å². The fourth-order valence-corrected chi connectivity index (χ4v) is 3.29. The van der Waals surface area contributed by atoms with Gasteiger partial charge in [-0.25, -0.2) is 5.43 Å². The van der Waals surface area contributed by atoms with Gasteiger partial charge in [0.25, 0.3) is 5.91 Å². The molecule has 0 bridgehead atoms. The number of nitrogens with zero attached hydrogens (tertiary/aromatic N) is 1. The Morgan fingerprint density at radius 1 is 1.07 bits per heavy atom. The highest BCUT2D eigenvalue weighted by molar-refractivity contribution is 9.10. The number of carbonyl (C=O) groups excluding carboxylic acids is 1. The molecule has 0 heterocycles. The minimum Gasteiger partial charge on any atom is -0.490 e. The summed E-state index contributed by atoms with van der Waals surface area (Å²) in [6.07, 6.45) is 1.55. The molecule has 0 radical (unpaired) electrons. The van der Waals surface area contributed by atoms with E-state index < -0.39 is 0 Å². The zero-order valence-electron chi connectivity index (χ0n) is 16.3. The first-order valence-corrected chi connectivity index (χ1v) is 10.5. The molecule has 3 rings (SSSR count). The average molecular weight is 488 g/mol. The molecule has 3 aromatic rings. The summed E-state index contributed by atoms with van der Waals surface area (Å²) in [5, 5.41) is 4.69. The Morgan fingerprint density at radius 2 is 1.83 bits per heavy atom. The monoisotopic (exact) mass is 486 g/mol. The minimum absolute atomic E-state index is 0.302. The summed E-state index contributed by atoms with van der Waals surface area (Å²) in [5.74, 6) is 0.889. The molecule has 30 heavy (non-hydrogen) atoms. The van der Waals surface area contributed by atoms with Crippen LogP contribution in [0.2, 0.25) is 5.02 Å². The van der Waals surface area contributed by atoms with Gasteiger partial charge >= 0.3 is 0 Å². The van der Waals surface area contributed by atoms with Gasteiger partial charge in [-0.3, -0.25) is 4.79 Å². The van der Waals surface area contributed by atoms with E-state index in [-0.39, 0.29) is 5.91 Å². The second kappa shape index (κ2) is 10.8. The van der Waals surface area contributed by atoms with Gasteiger partial charge in [0.2, 0.25) is 0 Å². The van der Waals surface area contributed by atoms with E-state index in [2.05, 4.69) is 26.5 Å². The van der Waals surface area contributed by atoms with E-state index in [0.717, 1.165) is 11.1 Å². The first-order chi connectivity index (χ1) is 14.6. The lowest BCUT2D eigenvalue weighted by Crippen LogP contribution is -2.18. The van der Waals surface area contributed by atoms with Crippen LogP contribution in [0.25, 0.3) is 0 Å². The number of hydrogen-bond acceptors (Lipinski definition) is 4. The Bertz CT molecular complexity index is 1060. The number of halogens is 2. The molecule has 0 fully saturated rings. The van der Waals surface area contributed by atoms with Gasteiger partial charge in [-0.15, -0.1) is 0 Å². The van der Waals surface area contributed by atoms with Crippen molar-refractivity contribution in [3.8, 4) is 11.5 Å². The quantitative estimate of drug-likeness (QED) is 0.320. The number of hydrogen-bond donors (Lipinski definition) is 1. The Labute approximate surface area is 188 Å². The summed E-state index contributed by atoms with van der Waals surface area (Å²) in [6, 6.07) is 20.1. The molecule has 0 saturated heterocycles. The van der Waals surface area contributed by atoms with Crippen LogP contribution in [0.15, 0.2) is 76.3 Å². The molecule has 0 aromatic heterocycles. The molecular formula is C23H20BrClN2O3. The first kappa shape index (κ1) is 21.9. The van der Waals surface area contributed by atoms with Crippen molar-refractivity contribution >= 4 is 39.7 Å². The summed E-state index contributed by atoms with van der Waals surface area (Å²) in [4.78, 5) is 12.2. The summed E-state index contributed by atoms with van der Waals surface area (Å²) in [5.41, 5.74) is 4.68. The van der Waals surface area contributed by atoms with Crippen LogP contribution >= 0.6 is 27.5 Å². The maximum atomic E-state index is 12.2. The third kappa shape index (κ3) is 5.84. The molecule has 0 unspecified atom stereocenters.